The van der Waals surface area contributed by atoms with Crippen LogP contribution in [0.4, 0.5) is 11.5 Å². The Labute approximate surface area is 97.6 Å². The molecule has 0 aliphatic carbocycles. The summed E-state index contributed by atoms with van der Waals surface area (Å²) in [6, 6.07) is 0.582. The Morgan fingerprint density at radius 2 is 2.19 bits per heavy atom. The number of fused-ring (bicyclic) bond motifs is 1. The average Bonchev–Trinajstić information content (AvgIpc) is 2.48. The van der Waals surface area contributed by atoms with Crippen molar-refractivity contribution < 1.29 is 0 Å². The molecule has 0 fully saturated rings. The van der Waals surface area contributed by atoms with Gasteiger partial charge in [-0.1, -0.05) is 6.92 Å². The van der Waals surface area contributed by atoms with E-state index in [1.165, 1.54) is 23.6 Å². The Morgan fingerprint density at radius 1 is 1.44 bits per heavy atom. The normalized spacial score (nSPS) is 20.2. The van der Waals surface area contributed by atoms with Crippen molar-refractivity contribution in [2.24, 2.45) is 7.05 Å². The topological polar surface area (TPSA) is 33.1 Å². The predicted molar refractivity (Wildman–Crippen MR) is 68.2 cm³/mol. The van der Waals surface area contributed by atoms with Gasteiger partial charge < -0.3 is 10.2 Å². The van der Waals surface area contributed by atoms with Crippen LogP contribution in [0.15, 0.2) is 0 Å². The second-order valence-corrected chi connectivity index (χ2v) is 4.47. The van der Waals surface area contributed by atoms with Gasteiger partial charge in [-0.25, -0.2) is 0 Å². The van der Waals surface area contributed by atoms with E-state index in [9.17, 15) is 0 Å². The molecule has 0 saturated carbocycles. The lowest BCUT2D eigenvalue weighted by Crippen LogP contribution is -2.33. The van der Waals surface area contributed by atoms with Crippen molar-refractivity contribution in [1.82, 2.24) is 9.78 Å². The van der Waals surface area contributed by atoms with Gasteiger partial charge in [0.25, 0.3) is 0 Å². The lowest BCUT2D eigenvalue weighted by molar-refractivity contribution is 0.597. The molecule has 1 aromatic heterocycles. The molecule has 0 amide bonds. The minimum Gasteiger partial charge on any atom is -0.380 e. The number of hydrogen-bond donors (Lipinski definition) is 1. The Morgan fingerprint density at radius 3 is 2.81 bits per heavy atom. The van der Waals surface area contributed by atoms with Crippen LogP contribution in [-0.2, 0) is 13.5 Å². The number of anilines is 2. The van der Waals surface area contributed by atoms with Crippen molar-refractivity contribution in [1.29, 1.82) is 0 Å². The molecule has 0 aromatic carbocycles. The third-order valence-corrected chi connectivity index (χ3v) is 3.43. The molecule has 0 bridgehead atoms. The fourth-order valence-corrected chi connectivity index (χ4v) is 2.56. The van der Waals surface area contributed by atoms with E-state index in [4.69, 9.17) is 0 Å². The average molecular weight is 222 g/mol. The Balaban J connectivity index is 2.49. The van der Waals surface area contributed by atoms with Gasteiger partial charge in [0.2, 0.25) is 0 Å². The summed E-state index contributed by atoms with van der Waals surface area (Å²) in [4.78, 5) is 2.45. The number of hydrogen-bond acceptors (Lipinski definition) is 3. The van der Waals surface area contributed by atoms with Gasteiger partial charge in [0.05, 0.1) is 5.69 Å². The molecular weight excluding hydrogens is 200 g/mol. The van der Waals surface area contributed by atoms with Crippen molar-refractivity contribution >= 4 is 11.5 Å². The maximum Gasteiger partial charge on any atom is 0.150 e. The van der Waals surface area contributed by atoms with E-state index in [1.54, 1.807) is 0 Å². The first-order valence-corrected chi connectivity index (χ1v) is 6.25. The van der Waals surface area contributed by atoms with E-state index in [0.717, 1.165) is 19.5 Å². The number of rotatable bonds is 2. The summed E-state index contributed by atoms with van der Waals surface area (Å²) in [5, 5.41) is 8.13. The Hall–Kier alpha value is -1.19. The SMILES string of the molecule is CCc1nn(C)c2c1NCCC(C)N2CC. The van der Waals surface area contributed by atoms with Crippen LogP contribution in [0.25, 0.3) is 0 Å². The maximum absolute atomic E-state index is 4.60. The molecule has 1 aromatic rings. The van der Waals surface area contributed by atoms with Crippen molar-refractivity contribution in [2.45, 2.75) is 39.7 Å². The molecule has 1 unspecified atom stereocenters. The fourth-order valence-electron chi connectivity index (χ4n) is 2.56. The highest BCUT2D eigenvalue weighted by atomic mass is 15.4. The number of aromatic nitrogens is 2. The molecule has 2 rings (SSSR count). The van der Waals surface area contributed by atoms with E-state index in [1.807, 2.05) is 11.7 Å². The third kappa shape index (κ3) is 1.66. The summed E-state index contributed by atoms with van der Waals surface area (Å²) in [5.74, 6) is 1.25. The van der Waals surface area contributed by atoms with Crippen LogP contribution in [0.5, 0.6) is 0 Å². The fraction of sp³-hybridized carbons (Fsp3) is 0.750. The zero-order valence-electron chi connectivity index (χ0n) is 10.7. The highest BCUT2D eigenvalue weighted by Crippen LogP contribution is 2.33. The summed E-state index contributed by atoms with van der Waals surface area (Å²) in [6.45, 7) is 8.75. The van der Waals surface area contributed by atoms with Crippen LogP contribution in [0.3, 0.4) is 0 Å². The Bertz CT molecular complexity index is 369. The Kier molecular flexibility index (Phi) is 3.08. The summed E-state index contributed by atoms with van der Waals surface area (Å²) in [7, 11) is 2.04. The molecule has 90 valence electrons. The van der Waals surface area contributed by atoms with E-state index in [0.29, 0.717) is 6.04 Å². The van der Waals surface area contributed by atoms with E-state index in [-0.39, 0.29) is 0 Å². The van der Waals surface area contributed by atoms with E-state index >= 15 is 0 Å². The minimum atomic E-state index is 0.582. The number of aryl methyl sites for hydroxylation is 2. The zero-order chi connectivity index (χ0) is 11.7. The predicted octanol–water partition coefficient (Wildman–Crippen LogP) is 2.01. The highest BCUT2D eigenvalue weighted by Gasteiger charge is 2.25. The van der Waals surface area contributed by atoms with Gasteiger partial charge in [0.15, 0.2) is 5.82 Å². The molecule has 4 nitrogen and oxygen atoms in total. The van der Waals surface area contributed by atoms with E-state index < -0.39 is 0 Å². The third-order valence-electron chi connectivity index (χ3n) is 3.43. The first-order valence-electron chi connectivity index (χ1n) is 6.25. The summed E-state index contributed by atoms with van der Waals surface area (Å²) in [5.41, 5.74) is 2.43. The molecule has 1 N–H and O–H groups in total. The second-order valence-electron chi connectivity index (χ2n) is 4.47. The quantitative estimate of drug-likeness (QED) is 0.831. The van der Waals surface area contributed by atoms with Gasteiger partial charge in [-0.15, -0.1) is 0 Å². The van der Waals surface area contributed by atoms with Crippen molar-refractivity contribution in [3.8, 4) is 0 Å². The van der Waals surface area contributed by atoms with Gasteiger partial charge in [0.1, 0.15) is 5.69 Å². The van der Waals surface area contributed by atoms with Crippen molar-refractivity contribution in [2.75, 3.05) is 23.3 Å². The van der Waals surface area contributed by atoms with Gasteiger partial charge in [-0.05, 0) is 26.7 Å². The van der Waals surface area contributed by atoms with Crippen LogP contribution < -0.4 is 10.2 Å². The molecule has 1 atom stereocenters. The van der Waals surface area contributed by atoms with Crippen LogP contribution in [-0.4, -0.2) is 28.9 Å². The molecular formula is C12H22N4. The van der Waals surface area contributed by atoms with Gasteiger partial charge in [-0.3, -0.25) is 4.68 Å². The molecule has 0 radical (unpaired) electrons. The van der Waals surface area contributed by atoms with Crippen LogP contribution >= 0.6 is 0 Å². The van der Waals surface area contributed by atoms with Crippen molar-refractivity contribution in [3.63, 3.8) is 0 Å². The summed E-state index contributed by atoms with van der Waals surface area (Å²) < 4.78 is 2.02. The first-order chi connectivity index (χ1) is 7.69. The molecule has 0 spiro atoms. The molecule has 4 heteroatoms. The molecule has 0 saturated heterocycles. The lowest BCUT2D eigenvalue weighted by Gasteiger charge is -2.28. The molecule has 1 aliphatic rings. The maximum atomic E-state index is 4.60. The second kappa shape index (κ2) is 4.36. The summed E-state index contributed by atoms with van der Waals surface area (Å²) >= 11 is 0. The molecule has 2 heterocycles. The number of nitrogens with zero attached hydrogens (tertiary/aromatic N) is 3. The van der Waals surface area contributed by atoms with Crippen LogP contribution in [0.1, 0.15) is 32.9 Å². The number of nitrogens with one attached hydrogen (secondary N) is 1. The zero-order valence-corrected chi connectivity index (χ0v) is 10.7. The van der Waals surface area contributed by atoms with Gasteiger partial charge in [0, 0.05) is 26.2 Å². The summed E-state index contributed by atoms with van der Waals surface area (Å²) in [6.07, 6.45) is 2.17. The standard InChI is InChI=1S/C12H22N4/c1-5-10-11-12(15(4)14-10)16(6-2)9(3)7-8-13-11/h9,13H,5-8H2,1-4H3. The van der Waals surface area contributed by atoms with Gasteiger partial charge in [-0.2, -0.15) is 5.10 Å². The first kappa shape index (κ1) is 11.3. The van der Waals surface area contributed by atoms with Crippen molar-refractivity contribution in [3.05, 3.63) is 5.69 Å². The van der Waals surface area contributed by atoms with Gasteiger partial charge >= 0.3 is 0 Å². The lowest BCUT2D eigenvalue weighted by atomic mass is 10.2. The molecule has 1 aliphatic heterocycles. The van der Waals surface area contributed by atoms with E-state index in [2.05, 4.69) is 36.1 Å². The highest BCUT2D eigenvalue weighted by molar-refractivity contribution is 5.70. The minimum absolute atomic E-state index is 0.582. The largest absolute Gasteiger partial charge is 0.380 e. The smallest absolute Gasteiger partial charge is 0.150 e. The monoisotopic (exact) mass is 222 g/mol. The molecule has 16 heavy (non-hydrogen) atoms. The van der Waals surface area contributed by atoms with Crippen LogP contribution in [0.2, 0.25) is 0 Å². The van der Waals surface area contributed by atoms with Crippen LogP contribution in [0, 0.1) is 0 Å².